The van der Waals surface area contributed by atoms with E-state index in [-0.39, 0.29) is 12.3 Å². The number of esters is 1. The summed E-state index contributed by atoms with van der Waals surface area (Å²) in [4.78, 5) is 38.3. The molecule has 3 aromatic rings. The van der Waals surface area contributed by atoms with E-state index < -0.39 is 17.1 Å². The number of ether oxygens (including phenoxy) is 1. The summed E-state index contributed by atoms with van der Waals surface area (Å²) < 4.78 is 12.0. The Balaban J connectivity index is 1.58. The number of furan rings is 1. The summed E-state index contributed by atoms with van der Waals surface area (Å²) in [6.07, 6.45) is 3.64. The highest BCUT2D eigenvalue weighted by Gasteiger charge is 2.36. The topological polar surface area (TPSA) is 81.8 Å². The molecule has 2 amide bonds. The van der Waals surface area contributed by atoms with Crippen LogP contribution in [0.1, 0.15) is 33.1 Å². The summed E-state index contributed by atoms with van der Waals surface area (Å²) >= 11 is 0.879. The molecule has 1 fully saturated rings. The summed E-state index contributed by atoms with van der Waals surface area (Å²) in [6.45, 7) is 4.01. The largest absolute Gasteiger partial charge is 0.463 e. The zero-order valence-electron chi connectivity index (χ0n) is 17.2. The predicted octanol–water partition coefficient (Wildman–Crippen LogP) is 4.71. The van der Waals surface area contributed by atoms with Gasteiger partial charge in [0.2, 0.25) is 5.76 Å². The van der Waals surface area contributed by atoms with Crippen LogP contribution in [0, 0.1) is 13.8 Å². The Labute approximate surface area is 183 Å². The Morgan fingerprint density at radius 2 is 1.97 bits per heavy atom. The zero-order valence-corrected chi connectivity index (χ0v) is 18.1. The van der Waals surface area contributed by atoms with Crippen LogP contribution >= 0.6 is 11.8 Å². The zero-order chi connectivity index (χ0) is 22.1. The normalized spacial score (nSPS) is 15.2. The number of hydrogen-bond donors (Lipinski definition) is 0. The van der Waals surface area contributed by atoms with Crippen LogP contribution in [-0.4, -0.2) is 33.7 Å². The number of carbonyl (C=O) groups excluding carboxylic acids is 3. The molecule has 7 nitrogen and oxygen atoms in total. The minimum atomic E-state index is -0.618. The Morgan fingerprint density at radius 1 is 1.16 bits per heavy atom. The number of carbonyl (C=O) groups is 3. The lowest BCUT2D eigenvalue weighted by molar-refractivity contribution is -0.123. The number of nitrogens with zero attached hydrogens (tertiary/aromatic N) is 2. The number of thioether (sulfide) groups is 1. The number of imide groups is 1. The smallest absolute Gasteiger partial charge is 0.373 e. The number of benzene rings is 1. The number of hydrogen-bond acceptors (Lipinski definition) is 6. The van der Waals surface area contributed by atoms with Crippen LogP contribution in [0.4, 0.5) is 4.79 Å². The maximum absolute atomic E-state index is 12.9. The van der Waals surface area contributed by atoms with Gasteiger partial charge in [0.1, 0.15) is 5.76 Å². The molecule has 1 aliphatic heterocycles. The van der Waals surface area contributed by atoms with E-state index in [1.165, 1.54) is 18.7 Å². The van der Waals surface area contributed by atoms with E-state index in [2.05, 4.69) is 10.8 Å². The van der Waals surface area contributed by atoms with Gasteiger partial charge in [0.05, 0.1) is 18.6 Å². The fraction of sp³-hybridized carbons (Fsp3) is 0.174. The predicted molar refractivity (Wildman–Crippen MR) is 117 cm³/mol. The third-order valence-electron chi connectivity index (χ3n) is 4.91. The van der Waals surface area contributed by atoms with Crippen LogP contribution < -0.4 is 0 Å². The molecule has 0 unspecified atom stereocenters. The van der Waals surface area contributed by atoms with Gasteiger partial charge in [0, 0.05) is 17.6 Å². The van der Waals surface area contributed by atoms with E-state index in [0.717, 1.165) is 33.6 Å². The van der Waals surface area contributed by atoms with Crippen molar-refractivity contribution < 1.29 is 23.5 Å². The second-order valence-corrected chi connectivity index (χ2v) is 8.11. The lowest BCUT2D eigenvalue weighted by Gasteiger charge is -2.11. The van der Waals surface area contributed by atoms with Crippen molar-refractivity contribution in [3.63, 3.8) is 0 Å². The molecule has 4 rings (SSSR count). The summed E-state index contributed by atoms with van der Waals surface area (Å²) in [5, 5.41) is -0.392. The molecule has 0 spiro atoms. The Morgan fingerprint density at radius 3 is 2.71 bits per heavy atom. The van der Waals surface area contributed by atoms with Crippen LogP contribution in [-0.2, 0) is 16.1 Å². The van der Waals surface area contributed by atoms with Gasteiger partial charge < -0.3 is 13.7 Å². The van der Waals surface area contributed by atoms with E-state index >= 15 is 0 Å². The van der Waals surface area contributed by atoms with E-state index in [0.29, 0.717) is 10.7 Å². The van der Waals surface area contributed by atoms with E-state index in [4.69, 9.17) is 4.42 Å². The average Bonchev–Trinajstić information content (AvgIpc) is 3.45. The Kier molecular flexibility index (Phi) is 5.56. The molecule has 0 radical (unpaired) electrons. The molecule has 0 bridgehead atoms. The van der Waals surface area contributed by atoms with Crippen molar-refractivity contribution in [1.29, 1.82) is 0 Å². The highest BCUT2D eigenvalue weighted by atomic mass is 32.2. The molecule has 1 saturated heterocycles. The van der Waals surface area contributed by atoms with Gasteiger partial charge in [-0.15, -0.1) is 0 Å². The molecule has 8 heteroatoms. The number of aromatic nitrogens is 1. The van der Waals surface area contributed by atoms with Crippen molar-refractivity contribution in [2.75, 3.05) is 7.11 Å². The molecular weight excluding hydrogens is 416 g/mol. The molecule has 2 aromatic heterocycles. The Bertz CT molecular complexity index is 1220. The second kappa shape index (κ2) is 8.31. The summed E-state index contributed by atoms with van der Waals surface area (Å²) in [5.74, 6) is -0.680. The molecule has 0 aliphatic carbocycles. The molecular formula is C23H20N2O5S. The van der Waals surface area contributed by atoms with Crippen molar-refractivity contribution in [3.8, 4) is 5.69 Å². The Hall–Kier alpha value is -3.52. The molecule has 1 aliphatic rings. The van der Waals surface area contributed by atoms with Crippen molar-refractivity contribution in [3.05, 3.63) is 81.9 Å². The molecule has 0 N–H and O–H groups in total. The number of rotatable bonds is 5. The second-order valence-electron chi connectivity index (χ2n) is 7.12. The van der Waals surface area contributed by atoms with Crippen LogP contribution in [0.25, 0.3) is 11.8 Å². The van der Waals surface area contributed by atoms with Crippen LogP contribution in [0.5, 0.6) is 0 Å². The van der Waals surface area contributed by atoms with Crippen molar-refractivity contribution in [1.82, 2.24) is 9.47 Å². The summed E-state index contributed by atoms with van der Waals surface area (Å²) in [5.41, 5.74) is 4.08. The fourth-order valence-electron chi connectivity index (χ4n) is 3.41. The van der Waals surface area contributed by atoms with Gasteiger partial charge in [-0.1, -0.05) is 17.7 Å². The SMILES string of the molecule is COC(=O)c1ccc(CN2C(=O)SC(=Cc3cccn3-c3ccc(C)cc3C)C2=O)o1. The first-order valence-electron chi connectivity index (χ1n) is 9.55. The van der Waals surface area contributed by atoms with Gasteiger partial charge >= 0.3 is 5.97 Å². The lowest BCUT2D eigenvalue weighted by atomic mass is 10.1. The van der Waals surface area contributed by atoms with Crippen LogP contribution in [0.2, 0.25) is 0 Å². The van der Waals surface area contributed by atoms with Gasteiger partial charge in [0.15, 0.2) is 0 Å². The highest BCUT2D eigenvalue weighted by Crippen LogP contribution is 2.34. The van der Waals surface area contributed by atoms with Gasteiger partial charge in [-0.25, -0.2) is 4.79 Å². The monoisotopic (exact) mass is 436 g/mol. The van der Waals surface area contributed by atoms with E-state index in [1.807, 2.05) is 48.9 Å². The van der Waals surface area contributed by atoms with Gasteiger partial charge in [-0.05, 0) is 67.6 Å². The number of methoxy groups -OCH3 is 1. The molecule has 0 saturated carbocycles. The molecule has 31 heavy (non-hydrogen) atoms. The standard InChI is InChI=1S/C23H20N2O5S/c1-14-6-8-18(15(2)11-14)24-10-4-5-16(24)12-20-21(26)25(23(28)31-20)13-17-7-9-19(30-17)22(27)29-3/h4-12H,13H2,1-3H3. The average molecular weight is 436 g/mol. The lowest BCUT2D eigenvalue weighted by Crippen LogP contribution is -2.27. The minimum Gasteiger partial charge on any atom is -0.463 e. The molecule has 0 atom stereocenters. The number of amides is 2. The van der Waals surface area contributed by atoms with Crippen LogP contribution in [0.3, 0.4) is 0 Å². The first-order chi connectivity index (χ1) is 14.9. The third-order valence-corrected chi connectivity index (χ3v) is 5.81. The maximum atomic E-state index is 12.9. The van der Waals surface area contributed by atoms with Crippen molar-refractivity contribution in [2.24, 2.45) is 0 Å². The number of aryl methyl sites for hydroxylation is 2. The summed E-state index contributed by atoms with van der Waals surface area (Å²) in [7, 11) is 1.25. The highest BCUT2D eigenvalue weighted by molar-refractivity contribution is 8.18. The van der Waals surface area contributed by atoms with Gasteiger partial charge in [-0.3, -0.25) is 14.5 Å². The molecule has 1 aromatic carbocycles. The quantitative estimate of drug-likeness (QED) is 0.426. The first kappa shape index (κ1) is 20.7. The molecule has 158 valence electrons. The maximum Gasteiger partial charge on any atom is 0.373 e. The van der Waals surface area contributed by atoms with E-state index in [1.54, 1.807) is 12.1 Å². The van der Waals surface area contributed by atoms with Crippen molar-refractivity contribution >= 4 is 35.0 Å². The van der Waals surface area contributed by atoms with Crippen molar-refractivity contribution in [2.45, 2.75) is 20.4 Å². The first-order valence-corrected chi connectivity index (χ1v) is 10.4. The molecule has 3 heterocycles. The van der Waals surface area contributed by atoms with Gasteiger partial charge in [0.25, 0.3) is 11.1 Å². The third kappa shape index (κ3) is 4.06. The van der Waals surface area contributed by atoms with Crippen LogP contribution in [0.15, 0.2) is 58.0 Å². The minimum absolute atomic E-state index is 0.0197. The summed E-state index contributed by atoms with van der Waals surface area (Å²) in [6, 6.07) is 12.9. The van der Waals surface area contributed by atoms with E-state index in [9.17, 15) is 14.4 Å². The fourth-order valence-corrected chi connectivity index (χ4v) is 4.23. The van der Waals surface area contributed by atoms with Gasteiger partial charge in [-0.2, -0.15) is 0 Å².